The molecule has 0 bridgehead atoms. The first-order valence-corrected chi connectivity index (χ1v) is 12.7. The molecule has 0 saturated heterocycles. The summed E-state index contributed by atoms with van der Waals surface area (Å²) in [6, 6.07) is 0. The highest BCUT2D eigenvalue weighted by atomic mass is 16.5. The van der Waals surface area contributed by atoms with Crippen molar-refractivity contribution in [2.24, 2.45) is 52.1 Å². The molecule has 4 saturated carbocycles. The van der Waals surface area contributed by atoms with Gasteiger partial charge in [-0.05, 0) is 104 Å². The molecule has 4 rings (SSSR count). The number of carbonyl (C=O) groups excluding carboxylic acids is 1. The first-order chi connectivity index (χ1) is 13.8. The largest absolute Gasteiger partial charge is 0.461 e. The van der Waals surface area contributed by atoms with Crippen molar-refractivity contribution in [2.75, 3.05) is 6.54 Å². The second kappa shape index (κ2) is 8.17. The summed E-state index contributed by atoms with van der Waals surface area (Å²) in [4.78, 5) is 11.7. The molecule has 5 unspecified atom stereocenters. The van der Waals surface area contributed by atoms with E-state index in [-0.39, 0.29) is 18.6 Å². The van der Waals surface area contributed by atoms with Gasteiger partial charge in [-0.15, -0.1) is 0 Å². The second-order valence-electron chi connectivity index (χ2n) is 11.7. The lowest BCUT2D eigenvalue weighted by atomic mass is 9.44. The molecule has 0 aromatic heterocycles. The van der Waals surface area contributed by atoms with Crippen molar-refractivity contribution in [3.8, 4) is 0 Å². The zero-order chi connectivity index (χ0) is 20.8. The van der Waals surface area contributed by atoms with Crippen LogP contribution in [0.4, 0.5) is 0 Å². The lowest BCUT2D eigenvalue weighted by Gasteiger charge is -2.61. The van der Waals surface area contributed by atoms with Crippen LogP contribution in [0.1, 0.15) is 98.3 Å². The quantitative estimate of drug-likeness (QED) is 0.577. The van der Waals surface area contributed by atoms with Gasteiger partial charge in [-0.25, -0.2) is 0 Å². The summed E-state index contributed by atoms with van der Waals surface area (Å²) in [6.07, 6.45) is 14.8. The lowest BCUT2D eigenvalue weighted by Crippen LogP contribution is -2.54. The van der Waals surface area contributed by atoms with E-state index in [1.807, 2.05) is 0 Å². The molecule has 0 radical (unpaired) electrons. The summed E-state index contributed by atoms with van der Waals surface area (Å²) >= 11 is 0. The molecule has 29 heavy (non-hydrogen) atoms. The Morgan fingerprint density at radius 2 is 1.76 bits per heavy atom. The van der Waals surface area contributed by atoms with Crippen molar-refractivity contribution < 1.29 is 9.53 Å². The van der Waals surface area contributed by atoms with Crippen LogP contribution in [0.15, 0.2) is 0 Å². The second-order valence-corrected chi connectivity index (χ2v) is 11.7. The zero-order valence-corrected chi connectivity index (χ0v) is 19.4. The predicted molar refractivity (Wildman–Crippen MR) is 118 cm³/mol. The molecular formula is C26H45NO2. The molecular weight excluding hydrogens is 358 g/mol. The van der Waals surface area contributed by atoms with E-state index in [0.29, 0.717) is 10.8 Å². The van der Waals surface area contributed by atoms with E-state index >= 15 is 0 Å². The molecule has 0 spiro atoms. The topological polar surface area (TPSA) is 52.3 Å². The van der Waals surface area contributed by atoms with Gasteiger partial charge in [0.25, 0.3) is 0 Å². The van der Waals surface area contributed by atoms with Crippen LogP contribution in [0, 0.1) is 46.3 Å². The number of hydrogen-bond donors (Lipinski definition) is 1. The predicted octanol–water partition coefficient (Wildman–Crippen LogP) is 5.95. The van der Waals surface area contributed by atoms with Crippen molar-refractivity contribution >= 4 is 5.97 Å². The molecule has 4 aliphatic carbocycles. The van der Waals surface area contributed by atoms with Crippen molar-refractivity contribution in [2.45, 2.75) is 104 Å². The normalized spacial score (nSPS) is 47.6. The minimum atomic E-state index is -0.223. The number of fused-ring (bicyclic) bond motifs is 5. The van der Waals surface area contributed by atoms with Crippen molar-refractivity contribution in [3.63, 3.8) is 0 Å². The average molecular weight is 404 g/mol. The monoisotopic (exact) mass is 403 g/mol. The molecule has 4 aliphatic rings. The Morgan fingerprint density at radius 3 is 2.48 bits per heavy atom. The van der Waals surface area contributed by atoms with E-state index in [4.69, 9.17) is 10.5 Å². The van der Waals surface area contributed by atoms with Crippen LogP contribution in [-0.4, -0.2) is 18.6 Å². The van der Waals surface area contributed by atoms with Crippen LogP contribution in [0.3, 0.4) is 0 Å². The molecule has 0 aliphatic heterocycles. The molecule has 2 N–H and O–H groups in total. The van der Waals surface area contributed by atoms with Gasteiger partial charge in [-0.3, -0.25) is 4.79 Å². The van der Waals surface area contributed by atoms with Gasteiger partial charge in [0.15, 0.2) is 0 Å². The van der Waals surface area contributed by atoms with Crippen molar-refractivity contribution in [1.82, 2.24) is 0 Å². The van der Waals surface area contributed by atoms with E-state index in [9.17, 15) is 4.79 Å². The van der Waals surface area contributed by atoms with Crippen LogP contribution < -0.4 is 5.73 Å². The summed E-state index contributed by atoms with van der Waals surface area (Å²) in [6.45, 7) is 10.2. The van der Waals surface area contributed by atoms with E-state index in [0.717, 1.165) is 48.3 Å². The molecule has 0 aromatic carbocycles. The summed E-state index contributed by atoms with van der Waals surface area (Å²) in [5.74, 6) is 5.14. The van der Waals surface area contributed by atoms with Crippen LogP contribution >= 0.6 is 0 Å². The number of hydrogen-bond acceptors (Lipinski definition) is 3. The summed E-state index contributed by atoms with van der Waals surface area (Å²) in [5, 5.41) is 0. The van der Waals surface area contributed by atoms with Crippen LogP contribution in [0.5, 0.6) is 0 Å². The highest BCUT2D eigenvalue weighted by molar-refractivity contribution is 5.71. The average Bonchev–Trinajstić information content (AvgIpc) is 3.05. The SMILES string of the molecule is CCC[C@@H](C)[C@H]1CCC2C3CCC4CC(OC(=O)CN)CC[C@]4(C)C3CC[C@@]21C. The van der Waals surface area contributed by atoms with E-state index in [1.54, 1.807) is 0 Å². The maximum absolute atomic E-state index is 11.7. The Bertz CT molecular complexity index is 606. The Kier molecular flexibility index (Phi) is 6.10. The Hall–Kier alpha value is -0.570. The van der Waals surface area contributed by atoms with Crippen molar-refractivity contribution in [3.05, 3.63) is 0 Å². The number of rotatable bonds is 5. The number of nitrogens with two attached hydrogens (primary N) is 1. The number of carbonyl (C=O) groups is 1. The number of ether oxygens (including phenoxy) is 1. The summed E-state index contributed by atoms with van der Waals surface area (Å²) in [5.41, 5.74) is 6.52. The summed E-state index contributed by atoms with van der Waals surface area (Å²) < 4.78 is 5.66. The van der Waals surface area contributed by atoms with E-state index < -0.39 is 0 Å². The van der Waals surface area contributed by atoms with E-state index in [1.165, 1.54) is 57.8 Å². The van der Waals surface area contributed by atoms with Gasteiger partial charge in [0.05, 0.1) is 6.54 Å². The molecule has 3 nitrogen and oxygen atoms in total. The molecule has 9 atom stereocenters. The van der Waals surface area contributed by atoms with Crippen molar-refractivity contribution in [1.29, 1.82) is 0 Å². The fourth-order valence-corrected chi connectivity index (χ4v) is 9.19. The van der Waals surface area contributed by atoms with E-state index in [2.05, 4.69) is 27.7 Å². The Morgan fingerprint density at radius 1 is 1.03 bits per heavy atom. The maximum Gasteiger partial charge on any atom is 0.319 e. The minimum Gasteiger partial charge on any atom is -0.461 e. The van der Waals surface area contributed by atoms with Crippen LogP contribution in [-0.2, 0) is 9.53 Å². The molecule has 3 heteroatoms. The van der Waals surface area contributed by atoms with Gasteiger partial charge in [0.2, 0.25) is 0 Å². The highest BCUT2D eigenvalue weighted by Gasteiger charge is 2.60. The van der Waals surface area contributed by atoms with Gasteiger partial charge < -0.3 is 10.5 Å². The van der Waals surface area contributed by atoms with Gasteiger partial charge in [0, 0.05) is 0 Å². The molecule has 0 heterocycles. The smallest absolute Gasteiger partial charge is 0.319 e. The Balaban J connectivity index is 1.48. The standard InChI is InChI=1S/C26H45NO2/c1-5-6-17(2)21-9-10-22-20-8-7-18-15-19(29-24(28)16-27)11-13-25(18,3)23(20)12-14-26(21,22)4/h17-23H,5-16,27H2,1-4H3/t17-,18?,19?,20?,21-,22?,23?,25+,26-/m1/s1. The summed E-state index contributed by atoms with van der Waals surface area (Å²) in [7, 11) is 0. The molecule has 0 aromatic rings. The fraction of sp³-hybridized carbons (Fsp3) is 0.962. The molecule has 4 fully saturated rings. The first-order valence-electron chi connectivity index (χ1n) is 12.7. The van der Waals surface area contributed by atoms with Crippen LogP contribution in [0.25, 0.3) is 0 Å². The molecule has 166 valence electrons. The van der Waals surface area contributed by atoms with Gasteiger partial charge in [-0.2, -0.15) is 0 Å². The minimum absolute atomic E-state index is 0.0149. The third-order valence-electron chi connectivity index (χ3n) is 10.6. The molecule has 0 amide bonds. The zero-order valence-electron chi connectivity index (χ0n) is 19.4. The first kappa shape index (κ1) is 21.7. The maximum atomic E-state index is 11.7. The third kappa shape index (κ3) is 3.58. The third-order valence-corrected chi connectivity index (χ3v) is 10.6. The van der Waals surface area contributed by atoms with Crippen LogP contribution in [0.2, 0.25) is 0 Å². The highest BCUT2D eigenvalue weighted by Crippen LogP contribution is 2.68. The van der Waals surface area contributed by atoms with Gasteiger partial charge >= 0.3 is 5.97 Å². The van der Waals surface area contributed by atoms with Gasteiger partial charge in [0.1, 0.15) is 6.10 Å². The lowest BCUT2D eigenvalue weighted by molar-refractivity contribution is -0.161. The fourth-order valence-electron chi connectivity index (χ4n) is 9.19. The number of esters is 1. The van der Waals surface area contributed by atoms with Gasteiger partial charge in [-0.1, -0.05) is 40.5 Å². The Labute approximate surface area is 178 Å².